The van der Waals surface area contributed by atoms with Gasteiger partial charge in [0.2, 0.25) is 0 Å². The second-order valence-electron chi connectivity index (χ2n) is 5.57. The van der Waals surface area contributed by atoms with Crippen LogP contribution in [0.2, 0.25) is 10.0 Å². The average molecular weight is 350 g/mol. The molecule has 2 atom stereocenters. The average Bonchev–Trinajstić information content (AvgIpc) is 2.87. The van der Waals surface area contributed by atoms with Crippen molar-refractivity contribution in [3.63, 3.8) is 0 Å². The Morgan fingerprint density at radius 2 is 2.24 bits per heavy atom. The number of aliphatic hydroxyl groups is 1. The van der Waals surface area contributed by atoms with Crippen molar-refractivity contribution >= 4 is 35.0 Å². The molecule has 1 aliphatic heterocycles. The van der Waals surface area contributed by atoms with Gasteiger partial charge in [0.1, 0.15) is 18.5 Å². The maximum atomic E-state index is 9.94. The molecule has 1 saturated heterocycles. The molecule has 21 heavy (non-hydrogen) atoms. The van der Waals surface area contributed by atoms with Gasteiger partial charge in [0.15, 0.2) is 0 Å². The molecule has 0 amide bonds. The Labute approximate surface area is 140 Å². The van der Waals surface area contributed by atoms with Crippen molar-refractivity contribution in [3.05, 3.63) is 28.2 Å². The molecule has 0 aromatic heterocycles. The van der Waals surface area contributed by atoms with Crippen molar-refractivity contribution in [2.45, 2.75) is 30.6 Å². The lowest BCUT2D eigenvalue weighted by Crippen LogP contribution is -2.39. The summed E-state index contributed by atoms with van der Waals surface area (Å²) in [5, 5.41) is 14.2. The van der Waals surface area contributed by atoms with Gasteiger partial charge in [-0.25, -0.2) is 0 Å². The molecular weight excluding hydrogens is 329 g/mol. The molecule has 118 valence electrons. The molecule has 1 aromatic rings. The number of aliphatic hydroxyl groups excluding tert-OH is 1. The van der Waals surface area contributed by atoms with Crippen LogP contribution in [0.5, 0.6) is 5.75 Å². The number of hydrogen-bond donors (Lipinski definition) is 2. The number of halogens is 2. The lowest BCUT2D eigenvalue weighted by Gasteiger charge is -2.24. The Morgan fingerprint density at radius 3 is 2.90 bits per heavy atom. The van der Waals surface area contributed by atoms with E-state index in [1.54, 1.807) is 18.2 Å². The molecule has 3 nitrogen and oxygen atoms in total. The van der Waals surface area contributed by atoms with Gasteiger partial charge in [-0.3, -0.25) is 0 Å². The summed E-state index contributed by atoms with van der Waals surface area (Å²) in [6.07, 6.45) is 1.97. The van der Waals surface area contributed by atoms with Crippen LogP contribution in [0.1, 0.15) is 19.8 Å². The van der Waals surface area contributed by atoms with Gasteiger partial charge in [-0.05, 0) is 37.7 Å². The fourth-order valence-corrected chi connectivity index (χ4v) is 3.86. The predicted octanol–water partition coefficient (Wildman–Crippen LogP) is 3.61. The highest BCUT2D eigenvalue weighted by molar-refractivity contribution is 8.00. The highest BCUT2D eigenvalue weighted by atomic mass is 35.5. The molecule has 0 aliphatic carbocycles. The highest BCUT2D eigenvalue weighted by Gasteiger charge is 2.28. The van der Waals surface area contributed by atoms with E-state index in [0.29, 0.717) is 27.1 Å². The number of hydrogen-bond acceptors (Lipinski definition) is 4. The summed E-state index contributed by atoms with van der Waals surface area (Å²) < 4.78 is 5.82. The van der Waals surface area contributed by atoms with Crippen LogP contribution in [-0.2, 0) is 0 Å². The maximum Gasteiger partial charge on any atom is 0.121 e. The fraction of sp³-hybridized carbons (Fsp3) is 0.600. The number of ether oxygens (including phenoxy) is 1. The Morgan fingerprint density at radius 1 is 1.43 bits per heavy atom. The summed E-state index contributed by atoms with van der Waals surface area (Å²) in [6, 6.07) is 5.08. The van der Waals surface area contributed by atoms with Crippen LogP contribution in [0.3, 0.4) is 0 Å². The van der Waals surface area contributed by atoms with Crippen LogP contribution in [0.25, 0.3) is 0 Å². The van der Waals surface area contributed by atoms with Crippen LogP contribution < -0.4 is 10.1 Å². The molecular formula is C15H21Cl2NO2S. The van der Waals surface area contributed by atoms with Crippen molar-refractivity contribution in [3.8, 4) is 5.75 Å². The van der Waals surface area contributed by atoms with E-state index in [2.05, 4.69) is 12.2 Å². The number of nitrogens with one attached hydrogen (secondary N) is 1. The van der Waals surface area contributed by atoms with E-state index in [4.69, 9.17) is 27.9 Å². The van der Waals surface area contributed by atoms with E-state index in [1.807, 2.05) is 11.8 Å². The standard InChI is InChI=1S/C15H21Cl2NO2S/c1-15(5-2-6-21-15)10-18-8-11(19)9-20-12-3-4-13(16)14(17)7-12/h3-4,7,11,18-19H,2,5-6,8-10H2,1H3. The van der Waals surface area contributed by atoms with Gasteiger partial charge in [0.05, 0.1) is 10.0 Å². The van der Waals surface area contributed by atoms with Crippen molar-refractivity contribution < 1.29 is 9.84 Å². The van der Waals surface area contributed by atoms with Crippen molar-refractivity contribution in [1.29, 1.82) is 0 Å². The summed E-state index contributed by atoms with van der Waals surface area (Å²) >= 11 is 13.8. The number of rotatable bonds is 7. The van der Waals surface area contributed by atoms with E-state index < -0.39 is 6.10 Å². The third-order valence-corrected chi connectivity index (χ3v) is 5.79. The molecule has 1 fully saturated rings. The predicted molar refractivity (Wildman–Crippen MR) is 90.9 cm³/mol. The summed E-state index contributed by atoms with van der Waals surface area (Å²) in [5.74, 6) is 1.85. The van der Waals surface area contributed by atoms with Crippen LogP contribution in [0.15, 0.2) is 18.2 Å². The van der Waals surface area contributed by atoms with Crippen LogP contribution in [0.4, 0.5) is 0 Å². The molecule has 0 radical (unpaired) electrons. The van der Waals surface area contributed by atoms with E-state index in [0.717, 1.165) is 6.54 Å². The minimum Gasteiger partial charge on any atom is -0.491 e. The second-order valence-corrected chi connectivity index (χ2v) is 8.07. The van der Waals surface area contributed by atoms with E-state index in [-0.39, 0.29) is 6.61 Å². The smallest absolute Gasteiger partial charge is 0.121 e. The topological polar surface area (TPSA) is 41.5 Å². The molecule has 0 saturated carbocycles. The van der Waals surface area contributed by atoms with Gasteiger partial charge in [-0.1, -0.05) is 23.2 Å². The van der Waals surface area contributed by atoms with Crippen LogP contribution in [-0.4, -0.2) is 41.4 Å². The SMILES string of the molecule is CC1(CNCC(O)COc2ccc(Cl)c(Cl)c2)CCCS1. The molecule has 1 heterocycles. The quantitative estimate of drug-likeness (QED) is 0.788. The first-order chi connectivity index (χ1) is 9.98. The normalized spacial score (nSPS) is 23.2. The largest absolute Gasteiger partial charge is 0.491 e. The summed E-state index contributed by atoms with van der Waals surface area (Å²) in [6.45, 7) is 3.95. The number of thioether (sulfide) groups is 1. The third-order valence-electron chi connectivity index (χ3n) is 3.51. The molecule has 0 spiro atoms. The molecule has 2 unspecified atom stereocenters. The number of benzene rings is 1. The maximum absolute atomic E-state index is 9.94. The van der Waals surface area contributed by atoms with E-state index >= 15 is 0 Å². The Hall–Kier alpha value is -0.130. The van der Waals surface area contributed by atoms with Crippen LogP contribution in [0, 0.1) is 0 Å². The monoisotopic (exact) mass is 349 g/mol. The van der Waals surface area contributed by atoms with Crippen molar-refractivity contribution in [1.82, 2.24) is 5.32 Å². The minimum absolute atomic E-state index is 0.231. The van der Waals surface area contributed by atoms with Gasteiger partial charge in [0, 0.05) is 23.9 Å². The zero-order chi connectivity index (χ0) is 15.3. The molecule has 2 N–H and O–H groups in total. The summed E-state index contributed by atoms with van der Waals surface area (Å²) in [4.78, 5) is 0. The Bertz CT molecular complexity index is 467. The fourth-order valence-electron chi connectivity index (χ4n) is 2.30. The van der Waals surface area contributed by atoms with E-state index in [1.165, 1.54) is 18.6 Å². The zero-order valence-electron chi connectivity index (χ0n) is 12.1. The van der Waals surface area contributed by atoms with Gasteiger partial charge in [0.25, 0.3) is 0 Å². The van der Waals surface area contributed by atoms with Crippen molar-refractivity contribution in [2.75, 3.05) is 25.4 Å². The first-order valence-electron chi connectivity index (χ1n) is 7.09. The minimum atomic E-state index is -0.547. The molecule has 1 aromatic carbocycles. The highest BCUT2D eigenvalue weighted by Crippen LogP contribution is 2.36. The molecule has 1 aliphatic rings. The van der Waals surface area contributed by atoms with Gasteiger partial charge in [-0.15, -0.1) is 0 Å². The molecule has 2 rings (SSSR count). The second kappa shape index (κ2) is 7.93. The van der Waals surface area contributed by atoms with Crippen LogP contribution >= 0.6 is 35.0 Å². The summed E-state index contributed by atoms with van der Waals surface area (Å²) in [5.41, 5.74) is 0. The van der Waals surface area contributed by atoms with Gasteiger partial charge >= 0.3 is 0 Å². The third kappa shape index (κ3) is 5.53. The Balaban J connectivity index is 1.67. The Kier molecular flexibility index (Phi) is 6.51. The first kappa shape index (κ1) is 17.2. The first-order valence-corrected chi connectivity index (χ1v) is 8.83. The lowest BCUT2D eigenvalue weighted by molar-refractivity contribution is 0.106. The van der Waals surface area contributed by atoms with Crippen molar-refractivity contribution in [2.24, 2.45) is 0 Å². The molecule has 0 bridgehead atoms. The van der Waals surface area contributed by atoms with E-state index in [9.17, 15) is 5.11 Å². The van der Waals surface area contributed by atoms with Gasteiger partial charge in [-0.2, -0.15) is 11.8 Å². The van der Waals surface area contributed by atoms with Gasteiger partial charge < -0.3 is 15.2 Å². The molecule has 6 heteroatoms. The summed E-state index contributed by atoms with van der Waals surface area (Å²) in [7, 11) is 0. The zero-order valence-corrected chi connectivity index (χ0v) is 14.4. The lowest BCUT2D eigenvalue weighted by atomic mass is 10.1.